The van der Waals surface area contributed by atoms with E-state index in [1.165, 1.54) is 12.8 Å². The standard InChI is InChI=1S/C14H24O/c1-13(2)9-12(10-14(13,3)4)11-5-7-15-8-6-11/h5,12H,6-10H2,1-4H3. The minimum Gasteiger partial charge on any atom is -0.377 e. The van der Waals surface area contributed by atoms with Crippen molar-refractivity contribution in [3.63, 3.8) is 0 Å². The topological polar surface area (TPSA) is 9.23 Å². The molecule has 1 heterocycles. The largest absolute Gasteiger partial charge is 0.377 e. The van der Waals surface area contributed by atoms with Crippen molar-refractivity contribution in [3.05, 3.63) is 11.6 Å². The molecule has 0 aromatic heterocycles. The Morgan fingerprint density at radius 2 is 1.73 bits per heavy atom. The quantitative estimate of drug-likeness (QED) is 0.596. The molecule has 15 heavy (non-hydrogen) atoms. The van der Waals surface area contributed by atoms with Gasteiger partial charge in [0.05, 0.1) is 13.2 Å². The van der Waals surface area contributed by atoms with Crippen LogP contribution in [0.15, 0.2) is 11.6 Å². The van der Waals surface area contributed by atoms with Gasteiger partial charge in [0.15, 0.2) is 0 Å². The second-order valence-electron chi connectivity index (χ2n) is 6.48. The molecule has 1 saturated carbocycles. The molecule has 0 radical (unpaired) electrons. The molecule has 86 valence electrons. The molecule has 0 amide bonds. The lowest BCUT2D eigenvalue weighted by Crippen LogP contribution is -2.25. The predicted octanol–water partition coefficient (Wildman–Crippen LogP) is 3.80. The molecule has 0 N–H and O–H groups in total. The van der Waals surface area contributed by atoms with Gasteiger partial charge in [-0.25, -0.2) is 0 Å². The van der Waals surface area contributed by atoms with Crippen molar-refractivity contribution in [2.75, 3.05) is 13.2 Å². The first-order valence-corrected chi connectivity index (χ1v) is 6.19. The molecule has 2 rings (SSSR count). The lowest BCUT2D eigenvalue weighted by molar-refractivity contribution is 0.150. The van der Waals surface area contributed by atoms with Crippen LogP contribution in [-0.4, -0.2) is 13.2 Å². The maximum atomic E-state index is 5.39. The number of rotatable bonds is 1. The van der Waals surface area contributed by atoms with E-state index in [1.807, 2.05) is 0 Å². The van der Waals surface area contributed by atoms with Crippen LogP contribution in [0.2, 0.25) is 0 Å². The zero-order valence-electron chi connectivity index (χ0n) is 10.6. The summed E-state index contributed by atoms with van der Waals surface area (Å²) in [5.74, 6) is 0.818. The van der Waals surface area contributed by atoms with Crippen LogP contribution in [-0.2, 0) is 4.74 Å². The fourth-order valence-corrected chi connectivity index (χ4v) is 3.03. The highest BCUT2D eigenvalue weighted by Crippen LogP contribution is 2.56. The molecule has 0 spiro atoms. The first kappa shape index (κ1) is 11.2. The third kappa shape index (κ3) is 1.99. The van der Waals surface area contributed by atoms with Gasteiger partial charge in [-0.15, -0.1) is 0 Å². The molecule has 1 fully saturated rings. The van der Waals surface area contributed by atoms with Gasteiger partial charge in [-0.2, -0.15) is 0 Å². The van der Waals surface area contributed by atoms with Crippen molar-refractivity contribution in [1.82, 2.24) is 0 Å². The van der Waals surface area contributed by atoms with Crippen LogP contribution in [0.4, 0.5) is 0 Å². The van der Waals surface area contributed by atoms with Crippen molar-refractivity contribution in [1.29, 1.82) is 0 Å². The van der Waals surface area contributed by atoms with Crippen molar-refractivity contribution in [2.45, 2.75) is 47.0 Å². The third-order valence-electron chi connectivity index (χ3n) is 4.87. The Labute approximate surface area is 93.9 Å². The van der Waals surface area contributed by atoms with Gasteiger partial charge in [-0.05, 0) is 36.0 Å². The molecule has 0 unspecified atom stereocenters. The van der Waals surface area contributed by atoms with E-state index in [0.29, 0.717) is 10.8 Å². The fraction of sp³-hybridized carbons (Fsp3) is 0.857. The molecule has 0 atom stereocenters. The second-order valence-corrected chi connectivity index (χ2v) is 6.48. The van der Waals surface area contributed by atoms with E-state index in [4.69, 9.17) is 4.74 Å². The lowest BCUT2D eigenvalue weighted by Gasteiger charge is -2.34. The molecule has 0 saturated heterocycles. The molecule has 2 aliphatic rings. The van der Waals surface area contributed by atoms with Crippen LogP contribution in [0.1, 0.15) is 47.0 Å². The van der Waals surface area contributed by atoms with Crippen LogP contribution in [0, 0.1) is 16.7 Å². The molecular weight excluding hydrogens is 184 g/mol. The Morgan fingerprint density at radius 3 is 2.20 bits per heavy atom. The monoisotopic (exact) mass is 208 g/mol. The minimum atomic E-state index is 0.483. The predicted molar refractivity (Wildman–Crippen MR) is 63.8 cm³/mol. The Bertz CT molecular complexity index is 257. The second kappa shape index (κ2) is 3.62. The summed E-state index contributed by atoms with van der Waals surface area (Å²) in [6.07, 6.45) is 6.19. The Kier molecular flexibility index (Phi) is 2.70. The van der Waals surface area contributed by atoms with Gasteiger partial charge in [0.1, 0.15) is 0 Å². The van der Waals surface area contributed by atoms with Crippen molar-refractivity contribution < 1.29 is 4.74 Å². The number of ether oxygens (including phenoxy) is 1. The van der Waals surface area contributed by atoms with Crippen LogP contribution < -0.4 is 0 Å². The molecule has 0 aromatic rings. The zero-order chi connectivity index (χ0) is 11.1. The van der Waals surface area contributed by atoms with E-state index < -0.39 is 0 Å². The van der Waals surface area contributed by atoms with E-state index in [1.54, 1.807) is 5.57 Å². The summed E-state index contributed by atoms with van der Waals surface area (Å²) in [5, 5.41) is 0. The lowest BCUT2D eigenvalue weighted by atomic mass is 9.71. The average Bonchev–Trinajstić information content (AvgIpc) is 2.38. The van der Waals surface area contributed by atoms with Gasteiger partial charge < -0.3 is 4.74 Å². The highest BCUT2D eigenvalue weighted by atomic mass is 16.5. The molecular formula is C14H24O. The molecule has 0 bridgehead atoms. The fourth-order valence-electron chi connectivity index (χ4n) is 3.03. The van der Waals surface area contributed by atoms with Gasteiger partial charge in [-0.3, -0.25) is 0 Å². The van der Waals surface area contributed by atoms with Crippen LogP contribution in [0.3, 0.4) is 0 Å². The zero-order valence-corrected chi connectivity index (χ0v) is 10.6. The van der Waals surface area contributed by atoms with Gasteiger partial charge in [-0.1, -0.05) is 39.3 Å². The Morgan fingerprint density at radius 1 is 1.13 bits per heavy atom. The highest BCUT2D eigenvalue weighted by molar-refractivity contribution is 5.15. The molecule has 1 aliphatic heterocycles. The summed E-state index contributed by atoms with van der Waals surface area (Å²) >= 11 is 0. The van der Waals surface area contributed by atoms with E-state index in [0.717, 1.165) is 25.6 Å². The summed E-state index contributed by atoms with van der Waals surface area (Å²) in [5.41, 5.74) is 2.63. The minimum absolute atomic E-state index is 0.483. The third-order valence-corrected chi connectivity index (χ3v) is 4.87. The van der Waals surface area contributed by atoms with Crippen LogP contribution >= 0.6 is 0 Å². The molecule has 1 nitrogen and oxygen atoms in total. The maximum Gasteiger partial charge on any atom is 0.0650 e. The van der Waals surface area contributed by atoms with Crippen molar-refractivity contribution in [2.24, 2.45) is 16.7 Å². The summed E-state index contributed by atoms with van der Waals surface area (Å²) < 4.78 is 5.39. The van der Waals surface area contributed by atoms with Gasteiger partial charge in [0.25, 0.3) is 0 Å². The van der Waals surface area contributed by atoms with Gasteiger partial charge in [0.2, 0.25) is 0 Å². The Balaban J connectivity index is 2.12. The smallest absolute Gasteiger partial charge is 0.0650 e. The van der Waals surface area contributed by atoms with E-state index in [-0.39, 0.29) is 0 Å². The number of hydrogen-bond acceptors (Lipinski definition) is 1. The van der Waals surface area contributed by atoms with E-state index in [9.17, 15) is 0 Å². The Hall–Kier alpha value is -0.300. The first-order valence-electron chi connectivity index (χ1n) is 6.19. The summed E-state index contributed by atoms with van der Waals surface area (Å²) in [6, 6.07) is 0. The molecule has 1 heteroatoms. The average molecular weight is 208 g/mol. The van der Waals surface area contributed by atoms with Gasteiger partial charge >= 0.3 is 0 Å². The normalized spacial score (nSPS) is 30.3. The van der Waals surface area contributed by atoms with Gasteiger partial charge in [0, 0.05) is 0 Å². The van der Waals surface area contributed by atoms with Crippen LogP contribution in [0.5, 0.6) is 0 Å². The van der Waals surface area contributed by atoms with E-state index >= 15 is 0 Å². The van der Waals surface area contributed by atoms with Crippen molar-refractivity contribution in [3.8, 4) is 0 Å². The molecule has 0 aromatic carbocycles. The summed E-state index contributed by atoms with van der Waals surface area (Å²) in [4.78, 5) is 0. The highest BCUT2D eigenvalue weighted by Gasteiger charge is 2.46. The molecule has 1 aliphatic carbocycles. The van der Waals surface area contributed by atoms with Crippen molar-refractivity contribution >= 4 is 0 Å². The summed E-state index contributed by atoms with van der Waals surface area (Å²) in [7, 11) is 0. The van der Waals surface area contributed by atoms with Crippen LogP contribution in [0.25, 0.3) is 0 Å². The van der Waals surface area contributed by atoms with E-state index in [2.05, 4.69) is 33.8 Å². The maximum absolute atomic E-state index is 5.39. The first-order chi connectivity index (χ1) is 6.92. The number of hydrogen-bond donors (Lipinski definition) is 0. The SMILES string of the molecule is CC1(C)CC(C2=CCOCC2)CC1(C)C. The summed E-state index contributed by atoms with van der Waals surface area (Å²) in [6.45, 7) is 11.5.